The molecule has 0 N–H and O–H groups in total. The molecule has 0 atom stereocenters. The minimum atomic E-state index is -0.396. The summed E-state index contributed by atoms with van der Waals surface area (Å²) >= 11 is 0. The summed E-state index contributed by atoms with van der Waals surface area (Å²) in [6.45, 7) is 2.25. The maximum absolute atomic E-state index is 11.5. The van der Waals surface area contributed by atoms with Crippen LogP contribution in [0.1, 0.15) is 29.8 Å². The van der Waals surface area contributed by atoms with Gasteiger partial charge in [-0.25, -0.2) is 9.78 Å². The third-order valence-electron chi connectivity index (χ3n) is 3.79. The first-order valence-electron chi connectivity index (χ1n) is 7.02. The van der Waals surface area contributed by atoms with Gasteiger partial charge in [0.1, 0.15) is 5.69 Å². The summed E-state index contributed by atoms with van der Waals surface area (Å²) in [6.07, 6.45) is 3.85. The lowest BCUT2D eigenvalue weighted by atomic mass is 10.1. The quantitative estimate of drug-likeness (QED) is 0.787. The van der Waals surface area contributed by atoms with Crippen LogP contribution < -0.4 is 4.90 Å². The Morgan fingerprint density at radius 1 is 1.15 bits per heavy atom. The number of hydrogen-bond donors (Lipinski definition) is 0. The van der Waals surface area contributed by atoms with Gasteiger partial charge in [0.2, 0.25) is 0 Å². The summed E-state index contributed by atoms with van der Waals surface area (Å²) in [6, 6.07) is 9.86. The van der Waals surface area contributed by atoms with Crippen molar-refractivity contribution < 1.29 is 9.53 Å². The minimum Gasteiger partial charge on any atom is -0.464 e. The number of carbonyl (C=O) groups is 1. The van der Waals surface area contributed by atoms with Crippen molar-refractivity contribution in [1.82, 2.24) is 4.98 Å². The van der Waals surface area contributed by atoms with Crippen LogP contribution in [0.25, 0.3) is 10.9 Å². The molecule has 4 heteroatoms. The summed E-state index contributed by atoms with van der Waals surface area (Å²) in [5.41, 5.74) is 2.42. The molecule has 104 valence electrons. The molecule has 1 fully saturated rings. The number of piperidine rings is 1. The highest BCUT2D eigenvalue weighted by Crippen LogP contribution is 2.24. The van der Waals surface area contributed by atoms with Crippen molar-refractivity contribution in [3.8, 4) is 0 Å². The van der Waals surface area contributed by atoms with E-state index in [2.05, 4.69) is 22.0 Å². The molecule has 0 spiro atoms. The number of rotatable bonds is 2. The number of benzene rings is 1. The number of anilines is 1. The first kappa shape index (κ1) is 12.9. The van der Waals surface area contributed by atoms with Crippen LogP contribution >= 0.6 is 0 Å². The van der Waals surface area contributed by atoms with Crippen LogP contribution in [0.15, 0.2) is 30.3 Å². The van der Waals surface area contributed by atoms with E-state index in [4.69, 9.17) is 4.74 Å². The standard InChI is InChI=1S/C16H18N2O2/c1-20-16(19)15-7-5-12-11-13(6-8-14(12)17-15)18-9-3-2-4-10-18/h5-8,11H,2-4,9-10H2,1H3. The van der Waals surface area contributed by atoms with Gasteiger partial charge in [0, 0.05) is 24.2 Å². The van der Waals surface area contributed by atoms with Crippen molar-refractivity contribution in [2.75, 3.05) is 25.1 Å². The van der Waals surface area contributed by atoms with Gasteiger partial charge < -0.3 is 9.64 Å². The maximum atomic E-state index is 11.5. The molecule has 0 radical (unpaired) electrons. The lowest BCUT2D eigenvalue weighted by Crippen LogP contribution is -2.29. The van der Waals surface area contributed by atoms with E-state index in [-0.39, 0.29) is 0 Å². The Bertz CT molecular complexity index is 633. The monoisotopic (exact) mass is 270 g/mol. The van der Waals surface area contributed by atoms with E-state index in [1.807, 2.05) is 12.1 Å². The fourth-order valence-corrected chi connectivity index (χ4v) is 2.68. The largest absolute Gasteiger partial charge is 0.464 e. The molecule has 1 aromatic carbocycles. The number of pyridine rings is 1. The van der Waals surface area contributed by atoms with E-state index in [0.29, 0.717) is 5.69 Å². The molecule has 1 saturated heterocycles. The van der Waals surface area contributed by atoms with E-state index in [1.54, 1.807) is 6.07 Å². The molecule has 0 amide bonds. The normalized spacial score (nSPS) is 15.3. The molecule has 2 heterocycles. The van der Waals surface area contributed by atoms with Gasteiger partial charge in [0.05, 0.1) is 12.6 Å². The van der Waals surface area contributed by atoms with Gasteiger partial charge in [-0.2, -0.15) is 0 Å². The van der Waals surface area contributed by atoms with Crippen molar-refractivity contribution in [2.45, 2.75) is 19.3 Å². The topological polar surface area (TPSA) is 42.4 Å². The Morgan fingerprint density at radius 3 is 2.70 bits per heavy atom. The average molecular weight is 270 g/mol. The molecule has 4 nitrogen and oxygen atoms in total. The lowest BCUT2D eigenvalue weighted by molar-refractivity contribution is 0.0594. The van der Waals surface area contributed by atoms with E-state index in [1.165, 1.54) is 32.1 Å². The first-order chi connectivity index (χ1) is 9.78. The van der Waals surface area contributed by atoms with Gasteiger partial charge in [-0.1, -0.05) is 6.07 Å². The number of hydrogen-bond acceptors (Lipinski definition) is 4. The van der Waals surface area contributed by atoms with Crippen LogP contribution in [0.5, 0.6) is 0 Å². The Hall–Kier alpha value is -2.10. The average Bonchev–Trinajstić information content (AvgIpc) is 2.54. The number of carbonyl (C=O) groups excluding carboxylic acids is 1. The number of methoxy groups -OCH3 is 1. The van der Waals surface area contributed by atoms with E-state index < -0.39 is 5.97 Å². The van der Waals surface area contributed by atoms with Crippen molar-refractivity contribution in [1.29, 1.82) is 0 Å². The number of nitrogens with zero attached hydrogens (tertiary/aromatic N) is 2. The van der Waals surface area contributed by atoms with Crippen molar-refractivity contribution in [3.05, 3.63) is 36.0 Å². The molecule has 20 heavy (non-hydrogen) atoms. The number of aromatic nitrogens is 1. The van der Waals surface area contributed by atoms with Crippen LogP contribution in [0.3, 0.4) is 0 Å². The Kier molecular flexibility index (Phi) is 3.54. The predicted octanol–water partition coefficient (Wildman–Crippen LogP) is 3.01. The lowest BCUT2D eigenvalue weighted by Gasteiger charge is -2.28. The smallest absolute Gasteiger partial charge is 0.356 e. The summed E-state index contributed by atoms with van der Waals surface area (Å²) in [4.78, 5) is 18.2. The highest BCUT2D eigenvalue weighted by molar-refractivity contribution is 5.91. The molecule has 3 rings (SSSR count). The molecular formula is C16H18N2O2. The number of ether oxygens (including phenoxy) is 1. The second-order valence-corrected chi connectivity index (χ2v) is 5.11. The fourth-order valence-electron chi connectivity index (χ4n) is 2.68. The van der Waals surface area contributed by atoms with Gasteiger partial charge in [-0.3, -0.25) is 0 Å². The molecule has 1 aliphatic rings. The molecule has 0 saturated carbocycles. The van der Waals surface area contributed by atoms with Crippen molar-refractivity contribution in [3.63, 3.8) is 0 Å². The Morgan fingerprint density at radius 2 is 1.95 bits per heavy atom. The highest BCUT2D eigenvalue weighted by atomic mass is 16.5. The van der Waals surface area contributed by atoms with E-state index >= 15 is 0 Å². The van der Waals surface area contributed by atoms with Gasteiger partial charge in [-0.05, 0) is 43.5 Å². The molecule has 0 bridgehead atoms. The third kappa shape index (κ3) is 2.46. The zero-order chi connectivity index (χ0) is 13.9. The van der Waals surface area contributed by atoms with Gasteiger partial charge in [0.15, 0.2) is 0 Å². The van der Waals surface area contributed by atoms with Crippen LogP contribution in [0, 0.1) is 0 Å². The van der Waals surface area contributed by atoms with Crippen molar-refractivity contribution in [2.24, 2.45) is 0 Å². The zero-order valence-electron chi connectivity index (χ0n) is 11.6. The SMILES string of the molecule is COC(=O)c1ccc2cc(N3CCCCC3)ccc2n1. The molecule has 2 aromatic rings. The molecular weight excluding hydrogens is 252 g/mol. The maximum Gasteiger partial charge on any atom is 0.356 e. The molecule has 0 unspecified atom stereocenters. The Labute approximate surface area is 118 Å². The summed E-state index contributed by atoms with van der Waals surface area (Å²) < 4.78 is 4.69. The van der Waals surface area contributed by atoms with Crippen LogP contribution in [0.4, 0.5) is 5.69 Å². The fraction of sp³-hybridized carbons (Fsp3) is 0.375. The van der Waals surface area contributed by atoms with Crippen molar-refractivity contribution >= 4 is 22.6 Å². The predicted molar refractivity (Wildman–Crippen MR) is 79.1 cm³/mol. The van der Waals surface area contributed by atoms with Gasteiger partial charge >= 0.3 is 5.97 Å². The minimum absolute atomic E-state index is 0.353. The summed E-state index contributed by atoms with van der Waals surface area (Å²) in [5.74, 6) is -0.396. The zero-order valence-corrected chi connectivity index (χ0v) is 11.6. The summed E-state index contributed by atoms with van der Waals surface area (Å²) in [5, 5.41) is 1.06. The van der Waals surface area contributed by atoms with Gasteiger partial charge in [0.25, 0.3) is 0 Å². The van der Waals surface area contributed by atoms with E-state index in [9.17, 15) is 4.79 Å². The summed E-state index contributed by atoms with van der Waals surface area (Å²) in [7, 11) is 1.37. The van der Waals surface area contributed by atoms with Gasteiger partial charge in [-0.15, -0.1) is 0 Å². The highest BCUT2D eigenvalue weighted by Gasteiger charge is 2.12. The first-order valence-corrected chi connectivity index (χ1v) is 7.02. The second kappa shape index (κ2) is 5.49. The molecule has 1 aliphatic heterocycles. The number of esters is 1. The second-order valence-electron chi connectivity index (χ2n) is 5.11. The van der Waals surface area contributed by atoms with Crippen LogP contribution in [-0.2, 0) is 4.74 Å². The third-order valence-corrected chi connectivity index (χ3v) is 3.79. The van der Waals surface area contributed by atoms with E-state index in [0.717, 1.165) is 24.0 Å². The Balaban J connectivity index is 1.93. The molecule has 1 aromatic heterocycles. The van der Waals surface area contributed by atoms with Crippen LogP contribution in [-0.4, -0.2) is 31.2 Å². The number of fused-ring (bicyclic) bond motifs is 1. The molecule has 0 aliphatic carbocycles. The van der Waals surface area contributed by atoms with Crippen LogP contribution in [0.2, 0.25) is 0 Å².